The number of ether oxygens (including phenoxy) is 4. The summed E-state index contributed by atoms with van der Waals surface area (Å²) in [4.78, 5) is 39.3. The number of Topliss-reactive ketones (excluding diaryl/α,β-unsaturated/α-hetero) is 1. The first-order chi connectivity index (χ1) is 15.4. The number of hydrogen-bond donors (Lipinski definition) is 1. The van der Waals surface area contributed by atoms with Crippen molar-refractivity contribution in [1.29, 1.82) is 0 Å². The first kappa shape index (κ1) is 21.9. The molecule has 3 atom stereocenters. The van der Waals surface area contributed by atoms with Crippen molar-refractivity contribution in [2.75, 3.05) is 20.0 Å². The predicted molar refractivity (Wildman–Crippen MR) is 114 cm³/mol. The number of allylic oxidation sites excluding steroid dienone is 3. The Morgan fingerprint density at radius 2 is 1.84 bits per heavy atom. The molecule has 3 aliphatic rings. The van der Waals surface area contributed by atoms with Crippen molar-refractivity contribution in [3.8, 4) is 11.5 Å². The molecule has 1 aromatic carbocycles. The molecule has 2 aliphatic heterocycles. The quantitative estimate of drug-likeness (QED) is 0.550. The zero-order valence-corrected chi connectivity index (χ0v) is 18.7. The highest BCUT2D eigenvalue weighted by molar-refractivity contribution is 6.12. The summed E-state index contributed by atoms with van der Waals surface area (Å²) in [6.07, 6.45) is 0.485. The molecule has 0 aromatic heterocycles. The maximum atomic E-state index is 13.7. The maximum Gasteiger partial charge on any atom is 0.336 e. The average molecular weight is 441 g/mol. The fraction of sp³-hybridized carbons (Fsp3) is 0.458. The number of dihydropyridines is 1. The lowest BCUT2D eigenvalue weighted by molar-refractivity contribution is -0.153. The van der Waals surface area contributed by atoms with Gasteiger partial charge in [0.1, 0.15) is 5.92 Å². The smallest absolute Gasteiger partial charge is 0.336 e. The third-order valence-corrected chi connectivity index (χ3v) is 6.05. The number of carbonyl (C=O) groups is 3. The van der Waals surface area contributed by atoms with E-state index in [1.807, 2.05) is 13.0 Å². The summed E-state index contributed by atoms with van der Waals surface area (Å²) in [5, 5.41) is 3.24. The van der Waals surface area contributed by atoms with Gasteiger partial charge in [-0.15, -0.1) is 0 Å². The van der Waals surface area contributed by atoms with Gasteiger partial charge in [0.15, 0.2) is 17.3 Å². The van der Waals surface area contributed by atoms with Crippen LogP contribution in [0.25, 0.3) is 0 Å². The van der Waals surface area contributed by atoms with E-state index in [1.165, 1.54) is 0 Å². The number of ketones is 1. The minimum Gasteiger partial charge on any atom is -0.465 e. The largest absolute Gasteiger partial charge is 0.465 e. The molecule has 0 unspecified atom stereocenters. The van der Waals surface area contributed by atoms with Gasteiger partial charge in [0.25, 0.3) is 0 Å². The molecule has 0 saturated carbocycles. The number of fused-ring (bicyclic) bond motifs is 1. The van der Waals surface area contributed by atoms with Crippen molar-refractivity contribution >= 4 is 17.7 Å². The Kier molecular flexibility index (Phi) is 5.95. The Labute approximate surface area is 186 Å². The minimum absolute atomic E-state index is 0.111. The van der Waals surface area contributed by atoms with Crippen LogP contribution in [0.5, 0.6) is 11.5 Å². The lowest BCUT2D eigenvalue weighted by atomic mass is 9.69. The summed E-state index contributed by atoms with van der Waals surface area (Å²) in [5.41, 5.74) is 2.77. The van der Waals surface area contributed by atoms with Gasteiger partial charge < -0.3 is 24.3 Å². The Hall–Kier alpha value is -3.29. The van der Waals surface area contributed by atoms with Crippen LogP contribution in [0, 0.1) is 11.8 Å². The number of rotatable bonds is 5. The Morgan fingerprint density at radius 3 is 2.56 bits per heavy atom. The van der Waals surface area contributed by atoms with Crippen LogP contribution < -0.4 is 14.8 Å². The van der Waals surface area contributed by atoms with E-state index in [0.717, 1.165) is 5.70 Å². The molecule has 0 fully saturated rings. The van der Waals surface area contributed by atoms with Gasteiger partial charge in [-0.2, -0.15) is 0 Å². The number of benzene rings is 1. The highest BCUT2D eigenvalue weighted by Gasteiger charge is 2.47. The fourth-order valence-electron chi connectivity index (χ4n) is 4.69. The highest BCUT2D eigenvalue weighted by atomic mass is 16.7. The van der Waals surface area contributed by atoms with Crippen LogP contribution in [0.15, 0.2) is 40.7 Å². The molecule has 4 rings (SSSR count). The van der Waals surface area contributed by atoms with Crippen molar-refractivity contribution in [1.82, 2.24) is 5.32 Å². The van der Waals surface area contributed by atoms with Gasteiger partial charge in [-0.3, -0.25) is 9.59 Å². The van der Waals surface area contributed by atoms with Crippen molar-refractivity contribution in [3.63, 3.8) is 0 Å². The monoisotopic (exact) mass is 441 g/mol. The van der Waals surface area contributed by atoms with Crippen molar-refractivity contribution < 1.29 is 33.3 Å². The topological polar surface area (TPSA) is 100 Å². The van der Waals surface area contributed by atoms with Crippen molar-refractivity contribution in [2.24, 2.45) is 11.8 Å². The lowest BCUT2D eigenvalue weighted by Gasteiger charge is -2.38. The molecule has 0 radical (unpaired) electrons. The second-order valence-electron chi connectivity index (χ2n) is 8.10. The minimum atomic E-state index is -0.922. The van der Waals surface area contributed by atoms with Gasteiger partial charge in [0, 0.05) is 22.9 Å². The highest BCUT2D eigenvalue weighted by Crippen LogP contribution is 2.47. The van der Waals surface area contributed by atoms with E-state index < -0.39 is 23.8 Å². The van der Waals surface area contributed by atoms with Crippen LogP contribution in [-0.4, -0.2) is 37.7 Å². The van der Waals surface area contributed by atoms with Gasteiger partial charge in [-0.1, -0.05) is 13.0 Å². The summed E-state index contributed by atoms with van der Waals surface area (Å²) in [7, 11) is 0. The van der Waals surface area contributed by atoms with Gasteiger partial charge in [0.2, 0.25) is 6.79 Å². The molecule has 0 bridgehead atoms. The standard InChI is InChI=1S/C24H27NO7/c1-5-29-23(27)18-12(3)9-15-21(22(18)26)20(19(13(4)25-15)24(28)30-6-2)14-7-8-16-17(10-14)32-11-31-16/h7-8,10,12,18,20,25H,5-6,9,11H2,1-4H3/t12-,18-,20-/m1/s1. The van der Waals surface area contributed by atoms with Crippen molar-refractivity contribution in [2.45, 2.75) is 40.0 Å². The zero-order valence-electron chi connectivity index (χ0n) is 18.7. The molecule has 0 spiro atoms. The third-order valence-electron chi connectivity index (χ3n) is 6.05. The summed E-state index contributed by atoms with van der Waals surface area (Å²) in [6, 6.07) is 5.35. The number of nitrogens with one attached hydrogen (secondary N) is 1. The molecule has 0 amide bonds. The first-order valence-electron chi connectivity index (χ1n) is 10.9. The second-order valence-corrected chi connectivity index (χ2v) is 8.10. The molecule has 1 aliphatic carbocycles. The van der Waals surface area contributed by atoms with Crippen LogP contribution in [0.3, 0.4) is 0 Å². The third kappa shape index (κ3) is 3.63. The zero-order chi connectivity index (χ0) is 23.0. The Balaban J connectivity index is 1.85. The Bertz CT molecular complexity index is 1040. The van der Waals surface area contributed by atoms with Crippen LogP contribution in [0.2, 0.25) is 0 Å². The number of hydrogen-bond acceptors (Lipinski definition) is 8. The lowest BCUT2D eigenvalue weighted by Crippen LogP contribution is -2.43. The second kappa shape index (κ2) is 8.68. The Morgan fingerprint density at radius 1 is 1.12 bits per heavy atom. The fourth-order valence-corrected chi connectivity index (χ4v) is 4.69. The summed E-state index contributed by atoms with van der Waals surface area (Å²) in [5.74, 6) is -2.09. The molecule has 8 heteroatoms. The maximum absolute atomic E-state index is 13.7. The van der Waals surface area contributed by atoms with Crippen molar-refractivity contribution in [3.05, 3.63) is 46.3 Å². The molecule has 8 nitrogen and oxygen atoms in total. The summed E-state index contributed by atoms with van der Waals surface area (Å²) in [6.45, 7) is 7.60. The van der Waals surface area contributed by atoms with E-state index in [2.05, 4.69) is 5.32 Å². The average Bonchev–Trinajstić information content (AvgIpc) is 3.20. The SMILES string of the molecule is CCOC(=O)C1=C(C)NC2=C(C(=O)[C@H](C(=O)OCC)[C@H](C)C2)[C@@H]1c1ccc2c(c1)OCO2. The molecule has 1 aromatic rings. The molecule has 2 heterocycles. The molecule has 170 valence electrons. The summed E-state index contributed by atoms with van der Waals surface area (Å²) < 4.78 is 21.5. The molecular formula is C24H27NO7. The molecular weight excluding hydrogens is 414 g/mol. The van der Waals surface area contributed by atoms with E-state index in [-0.39, 0.29) is 31.7 Å². The van der Waals surface area contributed by atoms with Crippen LogP contribution in [0.4, 0.5) is 0 Å². The summed E-state index contributed by atoms with van der Waals surface area (Å²) >= 11 is 0. The van der Waals surface area contributed by atoms with Crippen LogP contribution >= 0.6 is 0 Å². The van der Waals surface area contributed by atoms with Gasteiger partial charge in [-0.25, -0.2) is 4.79 Å². The van der Waals surface area contributed by atoms with Gasteiger partial charge in [-0.05, 0) is 50.8 Å². The molecule has 32 heavy (non-hydrogen) atoms. The van der Waals surface area contributed by atoms with E-state index >= 15 is 0 Å². The van der Waals surface area contributed by atoms with E-state index in [0.29, 0.717) is 40.3 Å². The van der Waals surface area contributed by atoms with E-state index in [1.54, 1.807) is 32.9 Å². The first-order valence-corrected chi connectivity index (χ1v) is 10.9. The predicted octanol–water partition coefficient (Wildman–Crippen LogP) is 2.98. The van der Waals surface area contributed by atoms with Gasteiger partial charge in [0.05, 0.1) is 18.8 Å². The van der Waals surface area contributed by atoms with Crippen LogP contribution in [0.1, 0.15) is 45.6 Å². The van der Waals surface area contributed by atoms with E-state index in [4.69, 9.17) is 18.9 Å². The normalized spacial score (nSPS) is 24.1. The van der Waals surface area contributed by atoms with E-state index in [9.17, 15) is 14.4 Å². The number of esters is 2. The molecule has 0 saturated heterocycles. The van der Waals surface area contributed by atoms with Gasteiger partial charge >= 0.3 is 11.9 Å². The van der Waals surface area contributed by atoms with Crippen LogP contribution in [-0.2, 0) is 23.9 Å². The molecule has 1 N–H and O–H groups in total. The number of carbonyl (C=O) groups excluding carboxylic acids is 3.